The van der Waals surface area contributed by atoms with Crippen LogP contribution in [-0.4, -0.2) is 47.7 Å². The number of aliphatic hydroxyl groups excluding tert-OH is 1. The average molecular weight is 269 g/mol. The summed E-state index contributed by atoms with van der Waals surface area (Å²) in [5.41, 5.74) is -0.113. The molecule has 106 valence electrons. The monoisotopic (exact) mass is 269 g/mol. The molecule has 7 nitrogen and oxygen atoms in total. The molecular weight excluding hydrogens is 250 g/mol. The first-order valence-electron chi connectivity index (χ1n) is 6.04. The first-order chi connectivity index (χ1) is 9.08. The Morgan fingerprint density at radius 3 is 2.95 bits per heavy atom. The summed E-state index contributed by atoms with van der Waals surface area (Å²) in [6.45, 7) is 2.81. The van der Waals surface area contributed by atoms with Crippen LogP contribution < -0.4 is 10.9 Å². The van der Waals surface area contributed by atoms with Crippen molar-refractivity contribution in [3.8, 4) is 0 Å². The summed E-state index contributed by atoms with van der Waals surface area (Å²) in [7, 11) is 1.53. The highest BCUT2D eigenvalue weighted by Crippen LogP contribution is 1.94. The van der Waals surface area contributed by atoms with Gasteiger partial charge in [-0.3, -0.25) is 9.59 Å². The lowest BCUT2D eigenvalue weighted by atomic mass is 10.2. The topological polar surface area (TPSA) is 93.5 Å². The number of amides is 1. The lowest BCUT2D eigenvalue weighted by Gasteiger charge is -2.10. The molecule has 0 spiro atoms. The second-order valence-electron chi connectivity index (χ2n) is 4.27. The van der Waals surface area contributed by atoms with Crippen molar-refractivity contribution in [2.24, 2.45) is 5.92 Å². The molecule has 0 radical (unpaired) electrons. The van der Waals surface area contributed by atoms with E-state index >= 15 is 0 Å². The fraction of sp³-hybridized carbons (Fsp3) is 0.583. The number of hydrogen-bond donors (Lipinski definition) is 2. The molecule has 1 unspecified atom stereocenters. The third-order valence-electron chi connectivity index (χ3n) is 2.53. The van der Waals surface area contributed by atoms with Crippen molar-refractivity contribution in [1.29, 1.82) is 0 Å². The summed E-state index contributed by atoms with van der Waals surface area (Å²) >= 11 is 0. The van der Waals surface area contributed by atoms with Gasteiger partial charge in [0.15, 0.2) is 0 Å². The average Bonchev–Trinajstić information content (AvgIpc) is 2.43. The second-order valence-corrected chi connectivity index (χ2v) is 4.27. The van der Waals surface area contributed by atoms with E-state index in [9.17, 15) is 9.59 Å². The van der Waals surface area contributed by atoms with Crippen molar-refractivity contribution in [2.45, 2.75) is 13.5 Å². The number of aliphatic hydroxyl groups is 1. The van der Waals surface area contributed by atoms with E-state index in [1.807, 2.05) is 6.92 Å². The zero-order valence-corrected chi connectivity index (χ0v) is 11.1. The molecule has 19 heavy (non-hydrogen) atoms. The lowest BCUT2D eigenvalue weighted by molar-refractivity contribution is 0.0933. The van der Waals surface area contributed by atoms with E-state index in [-0.39, 0.29) is 29.7 Å². The van der Waals surface area contributed by atoms with Crippen LogP contribution in [0.2, 0.25) is 0 Å². The standard InChI is InChI=1S/C12H19N3O4/c1-9(8-16)7-13-12(18)10-3-4-11(17)15(14-10)5-6-19-2/h3-4,9,16H,5-8H2,1-2H3,(H,13,18). The quantitative estimate of drug-likeness (QED) is 0.679. The van der Waals surface area contributed by atoms with E-state index < -0.39 is 0 Å². The Morgan fingerprint density at radius 1 is 1.58 bits per heavy atom. The summed E-state index contributed by atoms with van der Waals surface area (Å²) in [5, 5.41) is 15.5. The Morgan fingerprint density at radius 2 is 2.32 bits per heavy atom. The van der Waals surface area contributed by atoms with Crippen molar-refractivity contribution in [3.63, 3.8) is 0 Å². The predicted octanol–water partition coefficient (Wildman–Crippen LogP) is -0.752. The third kappa shape index (κ3) is 4.80. The summed E-state index contributed by atoms with van der Waals surface area (Å²) in [5.74, 6) is -0.394. The maximum Gasteiger partial charge on any atom is 0.271 e. The van der Waals surface area contributed by atoms with Gasteiger partial charge in [0, 0.05) is 26.3 Å². The molecule has 0 aliphatic heterocycles. The molecule has 1 aromatic rings. The van der Waals surface area contributed by atoms with Gasteiger partial charge in [-0.05, 0) is 12.0 Å². The largest absolute Gasteiger partial charge is 0.396 e. The minimum atomic E-state index is -0.369. The normalized spacial score (nSPS) is 12.2. The van der Waals surface area contributed by atoms with Gasteiger partial charge in [-0.25, -0.2) is 4.68 Å². The maximum absolute atomic E-state index is 11.8. The molecule has 0 saturated carbocycles. The molecule has 0 saturated heterocycles. The van der Waals surface area contributed by atoms with Gasteiger partial charge in [-0.1, -0.05) is 6.92 Å². The smallest absolute Gasteiger partial charge is 0.271 e. The molecule has 1 heterocycles. The highest BCUT2D eigenvalue weighted by Gasteiger charge is 2.10. The minimum Gasteiger partial charge on any atom is -0.396 e. The summed E-state index contributed by atoms with van der Waals surface area (Å²) < 4.78 is 6.05. The number of nitrogens with zero attached hydrogens (tertiary/aromatic N) is 2. The zero-order valence-electron chi connectivity index (χ0n) is 11.1. The molecular formula is C12H19N3O4. The van der Waals surface area contributed by atoms with Crippen LogP contribution in [0.5, 0.6) is 0 Å². The highest BCUT2D eigenvalue weighted by molar-refractivity contribution is 5.91. The van der Waals surface area contributed by atoms with E-state index in [0.29, 0.717) is 19.7 Å². The number of carbonyl (C=O) groups is 1. The highest BCUT2D eigenvalue weighted by atomic mass is 16.5. The summed E-state index contributed by atoms with van der Waals surface area (Å²) in [6.07, 6.45) is 0. The molecule has 0 bridgehead atoms. The molecule has 0 fully saturated rings. The second kappa shape index (κ2) is 7.65. The summed E-state index contributed by atoms with van der Waals surface area (Å²) in [6, 6.07) is 2.68. The number of methoxy groups -OCH3 is 1. The van der Waals surface area contributed by atoms with Gasteiger partial charge < -0.3 is 15.2 Å². The first-order valence-corrected chi connectivity index (χ1v) is 6.04. The van der Waals surface area contributed by atoms with E-state index in [0.717, 1.165) is 0 Å². The van der Waals surface area contributed by atoms with Crippen molar-refractivity contribution in [1.82, 2.24) is 15.1 Å². The maximum atomic E-state index is 11.8. The van der Waals surface area contributed by atoms with Crippen molar-refractivity contribution in [3.05, 3.63) is 28.2 Å². The van der Waals surface area contributed by atoms with Gasteiger partial charge in [-0.15, -0.1) is 0 Å². The predicted molar refractivity (Wildman–Crippen MR) is 69.0 cm³/mol. The zero-order chi connectivity index (χ0) is 14.3. The molecule has 0 aliphatic rings. The van der Waals surface area contributed by atoms with Crippen LogP contribution >= 0.6 is 0 Å². The van der Waals surface area contributed by atoms with Gasteiger partial charge in [0.2, 0.25) is 0 Å². The number of nitrogens with one attached hydrogen (secondary N) is 1. The molecule has 7 heteroatoms. The Hall–Kier alpha value is -1.73. The number of hydrogen-bond acceptors (Lipinski definition) is 5. The fourth-order valence-corrected chi connectivity index (χ4v) is 1.33. The van der Waals surface area contributed by atoms with Crippen LogP contribution in [-0.2, 0) is 11.3 Å². The van der Waals surface area contributed by atoms with Crippen molar-refractivity contribution in [2.75, 3.05) is 26.9 Å². The molecule has 1 aromatic heterocycles. The van der Waals surface area contributed by atoms with E-state index in [1.165, 1.54) is 23.9 Å². The van der Waals surface area contributed by atoms with Gasteiger partial charge in [0.1, 0.15) is 5.69 Å². The number of carbonyl (C=O) groups excluding carboxylic acids is 1. The van der Waals surface area contributed by atoms with Crippen LogP contribution in [0.1, 0.15) is 17.4 Å². The molecule has 1 rings (SSSR count). The lowest BCUT2D eigenvalue weighted by Crippen LogP contribution is -2.33. The molecule has 1 atom stereocenters. The van der Waals surface area contributed by atoms with Crippen LogP contribution in [0.25, 0.3) is 0 Å². The number of aromatic nitrogens is 2. The Labute approximate surface area is 111 Å². The van der Waals surface area contributed by atoms with E-state index in [2.05, 4.69) is 10.4 Å². The van der Waals surface area contributed by atoms with Gasteiger partial charge in [0.05, 0.1) is 13.2 Å². The van der Waals surface area contributed by atoms with E-state index in [4.69, 9.17) is 9.84 Å². The fourth-order valence-electron chi connectivity index (χ4n) is 1.33. The number of rotatable bonds is 7. The van der Waals surface area contributed by atoms with Gasteiger partial charge in [-0.2, -0.15) is 5.10 Å². The van der Waals surface area contributed by atoms with Crippen LogP contribution in [0.3, 0.4) is 0 Å². The van der Waals surface area contributed by atoms with Crippen molar-refractivity contribution >= 4 is 5.91 Å². The molecule has 0 aromatic carbocycles. The van der Waals surface area contributed by atoms with Crippen LogP contribution in [0.15, 0.2) is 16.9 Å². The van der Waals surface area contributed by atoms with Gasteiger partial charge >= 0.3 is 0 Å². The molecule has 0 aliphatic carbocycles. The third-order valence-corrected chi connectivity index (χ3v) is 2.53. The van der Waals surface area contributed by atoms with Crippen molar-refractivity contribution < 1.29 is 14.6 Å². The number of ether oxygens (including phenoxy) is 1. The van der Waals surface area contributed by atoms with Crippen LogP contribution in [0, 0.1) is 5.92 Å². The molecule has 1 amide bonds. The Kier molecular flexibility index (Phi) is 6.17. The van der Waals surface area contributed by atoms with Gasteiger partial charge in [0.25, 0.3) is 11.5 Å². The van der Waals surface area contributed by atoms with Crippen LogP contribution in [0.4, 0.5) is 0 Å². The Balaban J connectivity index is 2.72. The first kappa shape index (κ1) is 15.3. The summed E-state index contributed by atoms with van der Waals surface area (Å²) in [4.78, 5) is 23.3. The molecule has 2 N–H and O–H groups in total. The minimum absolute atomic E-state index is 0.00104. The van der Waals surface area contributed by atoms with E-state index in [1.54, 1.807) is 0 Å². The SMILES string of the molecule is COCCn1nc(C(=O)NCC(C)CO)ccc1=O. The Bertz CT molecular complexity index is 472.